The molecule has 3 heterocycles. The van der Waals surface area contributed by atoms with Crippen LogP contribution < -0.4 is 24.4 Å². The number of thiophene rings is 1. The van der Waals surface area contributed by atoms with Gasteiger partial charge in [0.2, 0.25) is 0 Å². The average Bonchev–Trinajstić information content (AvgIpc) is 3.48. The van der Waals surface area contributed by atoms with Crippen LogP contribution in [0.1, 0.15) is 37.3 Å². The maximum absolute atomic E-state index is 13.7. The summed E-state index contributed by atoms with van der Waals surface area (Å²) >= 11 is 2.85. The summed E-state index contributed by atoms with van der Waals surface area (Å²) in [5.41, 5.74) is 1.31. The number of rotatable bonds is 9. The van der Waals surface area contributed by atoms with E-state index in [1.54, 1.807) is 48.1 Å². The Morgan fingerprint density at radius 3 is 2.75 bits per heavy atom. The van der Waals surface area contributed by atoms with Crippen LogP contribution in [-0.2, 0) is 9.53 Å². The van der Waals surface area contributed by atoms with E-state index in [0.717, 1.165) is 4.88 Å². The first-order valence-electron chi connectivity index (χ1n) is 11.5. The molecular weight excluding hydrogens is 496 g/mol. The van der Waals surface area contributed by atoms with Gasteiger partial charge in [-0.05, 0) is 48.1 Å². The molecule has 9 heteroatoms. The van der Waals surface area contributed by atoms with E-state index in [1.807, 2.05) is 43.5 Å². The summed E-state index contributed by atoms with van der Waals surface area (Å²) in [5, 5.41) is 1.96. The van der Waals surface area contributed by atoms with Gasteiger partial charge in [0.15, 0.2) is 16.3 Å². The van der Waals surface area contributed by atoms with Gasteiger partial charge in [-0.3, -0.25) is 9.36 Å². The van der Waals surface area contributed by atoms with Crippen LogP contribution in [0.5, 0.6) is 11.5 Å². The van der Waals surface area contributed by atoms with E-state index in [9.17, 15) is 9.59 Å². The minimum Gasteiger partial charge on any atom is -0.493 e. The topological polar surface area (TPSA) is 79.1 Å². The molecule has 0 radical (unpaired) electrons. The number of allylic oxidation sites excluding steroid dienone is 1. The summed E-state index contributed by atoms with van der Waals surface area (Å²) in [5.74, 6) is 0.700. The van der Waals surface area contributed by atoms with Gasteiger partial charge in [-0.2, -0.15) is 0 Å². The quantitative estimate of drug-likeness (QED) is 0.312. The Morgan fingerprint density at radius 1 is 1.28 bits per heavy atom. The normalized spacial score (nSPS) is 15.5. The Labute approximate surface area is 217 Å². The number of hydrogen-bond donors (Lipinski definition) is 0. The zero-order valence-electron chi connectivity index (χ0n) is 20.6. The molecule has 188 valence electrons. The van der Waals surface area contributed by atoms with Gasteiger partial charge in [-0.1, -0.05) is 50.0 Å². The molecule has 0 spiro atoms. The van der Waals surface area contributed by atoms with E-state index in [2.05, 4.69) is 11.6 Å². The van der Waals surface area contributed by atoms with E-state index >= 15 is 0 Å². The molecule has 0 fully saturated rings. The summed E-state index contributed by atoms with van der Waals surface area (Å²) in [4.78, 5) is 33.1. The highest BCUT2D eigenvalue weighted by Gasteiger charge is 2.34. The molecule has 2 aromatic heterocycles. The Bertz CT molecular complexity index is 1480. The monoisotopic (exact) mass is 524 g/mol. The van der Waals surface area contributed by atoms with Gasteiger partial charge in [-0.25, -0.2) is 9.79 Å². The highest BCUT2D eigenvalue weighted by Crippen LogP contribution is 2.36. The zero-order chi connectivity index (χ0) is 25.8. The Balaban J connectivity index is 1.90. The molecule has 36 heavy (non-hydrogen) atoms. The number of esters is 1. The third kappa shape index (κ3) is 5.22. The van der Waals surface area contributed by atoms with Gasteiger partial charge in [0.25, 0.3) is 5.56 Å². The molecule has 0 bridgehead atoms. The van der Waals surface area contributed by atoms with E-state index < -0.39 is 12.0 Å². The second-order valence-electron chi connectivity index (χ2n) is 8.60. The van der Waals surface area contributed by atoms with Crippen molar-refractivity contribution in [3.63, 3.8) is 0 Å². The second-order valence-corrected chi connectivity index (χ2v) is 10.6. The third-order valence-electron chi connectivity index (χ3n) is 5.47. The van der Waals surface area contributed by atoms with Crippen LogP contribution in [-0.4, -0.2) is 30.9 Å². The van der Waals surface area contributed by atoms with Gasteiger partial charge < -0.3 is 14.2 Å². The van der Waals surface area contributed by atoms with Gasteiger partial charge >= 0.3 is 5.97 Å². The molecule has 1 atom stereocenters. The fourth-order valence-corrected chi connectivity index (χ4v) is 5.61. The fraction of sp³-hybridized carbons (Fsp3) is 0.296. The van der Waals surface area contributed by atoms with Crippen LogP contribution in [0.4, 0.5) is 0 Å². The van der Waals surface area contributed by atoms with Crippen molar-refractivity contribution in [2.24, 2.45) is 10.9 Å². The van der Waals surface area contributed by atoms with Crippen molar-refractivity contribution in [3.05, 3.63) is 89.8 Å². The molecule has 0 aliphatic carbocycles. The predicted octanol–water partition coefficient (Wildman–Crippen LogP) is 4.07. The maximum Gasteiger partial charge on any atom is 0.338 e. The number of benzene rings is 1. The molecule has 0 N–H and O–H groups in total. The van der Waals surface area contributed by atoms with Gasteiger partial charge in [0.1, 0.15) is 6.61 Å². The van der Waals surface area contributed by atoms with Crippen LogP contribution in [0, 0.1) is 5.92 Å². The predicted molar refractivity (Wildman–Crippen MR) is 143 cm³/mol. The second kappa shape index (κ2) is 11.1. The molecule has 1 aliphatic heterocycles. The maximum atomic E-state index is 13.7. The number of thiazole rings is 1. The molecule has 0 saturated carbocycles. The summed E-state index contributed by atoms with van der Waals surface area (Å²) in [6, 6.07) is 8.54. The Kier molecular flexibility index (Phi) is 7.91. The summed E-state index contributed by atoms with van der Waals surface area (Å²) < 4.78 is 19.0. The minimum absolute atomic E-state index is 0.168. The average molecular weight is 525 g/mol. The zero-order valence-corrected chi connectivity index (χ0v) is 22.3. The van der Waals surface area contributed by atoms with Crippen molar-refractivity contribution in [2.45, 2.75) is 26.8 Å². The standard InChI is InChI=1S/C27H28N2O5S2/c1-6-11-33-20-10-9-18(13-21(20)32-5)24-23(26(31)34-15-16(2)3)17(4)28-27-29(24)25(30)22(36-27)14-19-8-7-12-35-19/h6-10,12-14,16,24H,1,11,15H2,2-5H3/b22-14-. The number of ether oxygens (including phenoxy) is 3. The first-order valence-corrected chi connectivity index (χ1v) is 13.2. The SMILES string of the molecule is C=CCOc1ccc(C2C(C(=O)OCC(C)C)=C(C)N=c3s/c(=C\c4cccs4)c(=O)n32)cc1OC. The summed E-state index contributed by atoms with van der Waals surface area (Å²) in [7, 11) is 1.55. The lowest BCUT2D eigenvalue weighted by atomic mass is 9.95. The van der Waals surface area contributed by atoms with Crippen molar-refractivity contribution >= 4 is 34.7 Å². The fourth-order valence-electron chi connectivity index (χ4n) is 3.84. The Hall–Kier alpha value is -3.43. The highest BCUT2D eigenvalue weighted by molar-refractivity contribution is 7.11. The van der Waals surface area contributed by atoms with Crippen LogP contribution in [0.25, 0.3) is 6.08 Å². The number of hydrogen-bond acceptors (Lipinski definition) is 8. The summed E-state index contributed by atoms with van der Waals surface area (Å²) in [6.07, 6.45) is 3.50. The molecular formula is C27H28N2O5S2. The lowest BCUT2D eigenvalue weighted by molar-refractivity contribution is -0.140. The van der Waals surface area contributed by atoms with E-state index in [1.165, 1.54) is 11.3 Å². The Morgan fingerprint density at radius 2 is 2.08 bits per heavy atom. The lowest BCUT2D eigenvalue weighted by Gasteiger charge is -2.25. The number of aromatic nitrogens is 1. The van der Waals surface area contributed by atoms with Crippen LogP contribution in [0.15, 0.2) is 69.4 Å². The van der Waals surface area contributed by atoms with E-state index in [0.29, 0.717) is 44.3 Å². The summed E-state index contributed by atoms with van der Waals surface area (Å²) in [6.45, 7) is 9.98. The molecule has 4 rings (SSSR count). The number of methoxy groups -OCH3 is 1. The molecule has 1 aromatic carbocycles. The minimum atomic E-state index is -0.728. The van der Waals surface area contributed by atoms with Crippen LogP contribution in [0.3, 0.4) is 0 Å². The molecule has 0 amide bonds. The molecule has 7 nitrogen and oxygen atoms in total. The van der Waals surface area contributed by atoms with Crippen molar-refractivity contribution in [1.82, 2.24) is 4.57 Å². The molecule has 1 aliphatic rings. The van der Waals surface area contributed by atoms with Crippen molar-refractivity contribution < 1.29 is 19.0 Å². The number of carbonyl (C=O) groups is 1. The molecule has 0 saturated heterocycles. The van der Waals surface area contributed by atoms with Gasteiger partial charge in [0.05, 0.1) is 35.6 Å². The lowest BCUT2D eigenvalue weighted by Crippen LogP contribution is -2.40. The number of carbonyl (C=O) groups excluding carboxylic acids is 1. The number of nitrogens with zero attached hydrogens (tertiary/aromatic N) is 2. The van der Waals surface area contributed by atoms with Crippen molar-refractivity contribution in [3.8, 4) is 11.5 Å². The van der Waals surface area contributed by atoms with Gasteiger partial charge in [0, 0.05) is 4.88 Å². The molecule has 3 aromatic rings. The van der Waals surface area contributed by atoms with E-state index in [4.69, 9.17) is 14.2 Å². The number of fused-ring (bicyclic) bond motifs is 1. The van der Waals surface area contributed by atoms with Crippen molar-refractivity contribution in [2.75, 3.05) is 20.3 Å². The first kappa shape index (κ1) is 25.7. The van der Waals surface area contributed by atoms with Crippen molar-refractivity contribution in [1.29, 1.82) is 0 Å². The third-order valence-corrected chi connectivity index (χ3v) is 7.27. The largest absolute Gasteiger partial charge is 0.493 e. The van der Waals surface area contributed by atoms with Crippen LogP contribution >= 0.6 is 22.7 Å². The first-order chi connectivity index (χ1) is 17.3. The van der Waals surface area contributed by atoms with Gasteiger partial charge in [-0.15, -0.1) is 11.3 Å². The van der Waals surface area contributed by atoms with Crippen LogP contribution in [0.2, 0.25) is 0 Å². The smallest absolute Gasteiger partial charge is 0.338 e. The highest BCUT2D eigenvalue weighted by atomic mass is 32.1. The molecule has 1 unspecified atom stereocenters. The van der Waals surface area contributed by atoms with E-state index in [-0.39, 0.29) is 18.1 Å².